The minimum Gasteiger partial charge on any atom is -0.337 e. The van der Waals surface area contributed by atoms with E-state index in [0.717, 1.165) is 4.88 Å². The van der Waals surface area contributed by atoms with Crippen molar-refractivity contribution >= 4 is 16.5 Å². The van der Waals surface area contributed by atoms with Gasteiger partial charge in [0.25, 0.3) is 0 Å². The Morgan fingerprint density at radius 3 is 2.44 bits per heavy atom. The molecule has 0 amide bonds. The fourth-order valence-corrected chi connectivity index (χ4v) is 2.53. The van der Waals surface area contributed by atoms with Crippen molar-refractivity contribution in [2.75, 3.05) is 18.5 Å². The van der Waals surface area contributed by atoms with Gasteiger partial charge < -0.3 is 10.2 Å². The van der Waals surface area contributed by atoms with Gasteiger partial charge in [-0.15, -0.1) is 11.3 Å². The molecular formula is C11H18F3N3S. The summed E-state index contributed by atoms with van der Waals surface area (Å²) in [6.45, 7) is 4.44. The number of anilines is 1. The van der Waals surface area contributed by atoms with Crippen LogP contribution < -0.4 is 10.2 Å². The molecule has 0 saturated heterocycles. The van der Waals surface area contributed by atoms with Crippen LogP contribution in [-0.4, -0.2) is 30.8 Å². The van der Waals surface area contributed by atoms with Crippen LogP contribution in [0.4, 0.5) is 18.3 Å². The maximum Gasteiger partial charge on any atom is 0.406 e. The quantitative estimate of drug-likeness (QED) is 0.898. The van der Waals surface area contributed by atoms with E-state index in [1.807, 2.05) is 6.92 Å². The molecular weight excluding hydrogens is 263 g/mol. The molecule has 18 heavy (non-hydrogen) atoms. The Morgan fingerprint density at radius 2 is 2.00 bits per heavy atom. The largest absolute Gasteiger partial charge is 0.406 e. The smallest absolute Gasteiger partial charge is 0.337 e. The molecule has 0 spiro atoms. The molecule has 1 N–H and O–H groups in total. The van der Waals surface area contributed by atoms with Crippen molar-refractivity contribution in [2.24, 2.45) is 0 Å². The van der Waals surface area contributed by atoms with Crippen LogP contribution in [0.2, 0.25) is 0 Å². The molecule has 0 saturated carbocycles. The van der Waals surface area contributed by atoms with E-state index < -0.39 is 12.7 Å². The highest BCUT2D eigenvalue weighted by molar-refractivity contribution is 7.15. The first-order valence-corrected chi connectivity index (χ1v) is 6.52. The van der Waals surface area contributed by atoms with Gasteiger partial charge in [-0.25, -0.2) is 4.98 Å². The van der Waals surface area contributed by atoms with Crippen molar-refractivity contribution in [1.82, 2.24) is 10.3 Å². The Bertz CT molecular complexity index is 376. The van der Waals surface area contributed by atoms with Crippen molar-refractivity contribution in [3.63, 3.8) is 0 Å². The van der Waals surface area contributed by atoms with Crippen LogP contribution in [0.3, 0.4) is 0 Å². The van der Waals surface area contributed by atoms with E-state index >= 15 is 0 Å². The number of halogens is 3. The highest BCUT2D eigenvalue weighted by Crippen LogP contribution is 2.30. The van der Waals surface area contributed by atoms with Gasteiger partial charge >= 0.3 is 6.18 Å². The van der Waals surface area contributed by atoms with E-state index in [4.69, 9.17) is 0 Å². The second-order valence-corrected chi connectivity index (χ2v) is 5.43. The average Bonchev–Trinajstić information content (AvgIpc) is 2.72. The number of thiazole rings is 1. The van der Waals surface area contributed by atoms with E-state index in [2.05, 4.69) is 10.3 Å². The molecule has 1 heterocycles. The predicted molar refractivity (Wildman–Crippen MR) is 68.1 cm³/mol. The van der Waals surface area contributed by atoms with Gasteiger partial charge in [-0.05, 0) is 27.8 Å². The SMILES string of the molecule is CNC(C)c1cnc(N(CC(F)(F)F)C(C)C)s1. The van der Waals surface area contributed by atoms with Gasteiger partial charge in [0.1, 0.15) is 6.54 Å². The average molecular weight is 281 g/mol. The normalized spacial score (nSPS) is 14.0. The number of nitrogens with zero attached hydrogens (tertiary/aromatic N) is 2. The Kier molecular flexibility index (Phi) is 4.98. The third kappa shape index (κ3) is 4.13. The molecule has 0 aromatic carbocycles. The monoisotopic (exact) mass is 281 g/mol. The molecule has 0 aliphatic carbocycles. The zero-order valence-corrected chi connectivity index (χ0v) is 11.7. The lowest BCUT2D eigenvalue weighted by Gasteiger charge is -2.27. The number of nitrogens with one attached hydrogen (secondary N) is 1. The van der Waals surface area contributed by atoms with E-state index in [-0.39, 0.29) is 12.1 Å². The molecule has 1 aromatic heterocycles. The van der Waals surface area contributed by atoms with Crippen molar-refractivity contribution < 1.29 is 13.2 Å². The van der Waals surface area contributed by atoms with Crippen LogP contribution in [0.5, 0.6) is 0 Å². The topological polar surface area (TPSA) is 28.2 Å². The summed E-state index contributed by atoms with van der Waals surface area (Å²) < 4.78 is 37.5. The third-order valence-electron chi connectivity index (χ3n) is 2.59. The van der Waals surface area contributed by atoms with Crippen molar-refractivity contribution in [3.05, 3.63) is 11.1 Å². The van der Waals surface area contributed by atoms with Crippen LogP contribution in [0, 0.1) is 0 Å². The van der Waals surface area contributed by atoms with Gasteiger partial charge in [0.15, 0.2) is 5.13 Å². The maximum absolute atomic E-state index is 12.5. The summed E-state index contributed by atoms with van der Waals surface area (Å²) in [6, 6.07) is -0.147. The zero-order valence-electron chi connectivity index (χ0n) is 10.9. The minimum atomic E-state index is -4.22. The van der Waals surface area contributed by atoms with Crippen molar-refractivity contribution in [3.8, 4) is 0 Å². The second kappa shape index (κ2) is 5.88. The van der Waals surface area contributed by atoms with Gasteiger partial charge in [-0.1, -0.05) is 0 Å². The first kappa shape index (κ1) is 15.2. The van der Waals surface area contributed by atoms with Crippen LogP contribution in [0.15, 0.2) is 6.20 Å². The first-order chi connectivity index (χ1) is 8.24. The molecule has 0 bridgehead atoms. The summed E-state index contributed by atoms with van der Waals surface area (Å²) in [5.74, 6) is 0. The molecule has 7 heteroatoms. The summed E-state index contributed by atoms with van der Waals surface area (Å²) in [5.41, 5.74) is 0. The molecule has 0 radical (unpaired) electrons. The van der Waals surface area contributed by atoms with Gasteiger partial charge in [-0.3, -0.25) is 0 Å². The van der Waals surface area contributed by atoms with E-state index in [9.17, 15) is 13.2 Å². The fraction of sp³-hybridized carbons (Fsp3) is 0.727. The molecule has 1 atom stereocenters. The molecule has 104 valence electrons. The van der Waals surface area contributed by atoms with E-state index in [0.29, 0.717) is 5.13 Å². The number of alkyl halides is 3. The number of rotatable bonds is 5. The van der Waals surface area contributed by atoms with Crippen LogP contribution in [-0.2, 0) is 0 Å². The summed E-state index contributed by atoms with van der Waals surface area (Å²) in [5, 5.41) is 3.46. The van der Waals surface area contributed by atoms with E-state index in [1.165, 1.54) is 16.2 Å². The summed E-state index contributed by atoms with van der Waals surface area (Å²) >= 11 is 1.29. The Balaban J connectivity index is 2.90. The predicted octanol–water partition coefficient (Wildman–Crippen LogP) is 3.20. The third-order valence-corrected chi connectivity index (χ3v) is 3.81. The number of hydrogen-bond donors (Lipinski definition) is 1. The number of aromatic nitrogens is 1. The van der Waals surface area contributed by atoms with Gasteiger partial charge in [0.2, 0.25) is 0 Å². The van der Waals surface area contributed by atoms with Gasteiger partial charge in [0.05, 0.1) is 0 Å². The standard InChI is InChI=1S/C11H18F3N3S/c1-7(2)17(6-11(12,13)14)10-16-5-9(18-10)8(3)15-4/h5,7-8,15H,6H2,1-4H3. The molecule has 0 aliphatic heterocycles. The fourth-order valence-electron chi connectivity index (χ4n) is 1.42. The Labute approximate surface area is 109 Å². The second-order valence-electron chi connectivity index (χ2n) is 4.39. The molecule has 0 fully saturated rings. The molecule has 0 aliphatic rings. The lowest BCUT2D eigenvalue weighted by Crippen LogP contribution is -2.39. The van der Waals surface area contributed by atoms with Crippen molar-refractivity contribution in [1.29, 1.82) is 0 Å². The molecule has 1 aromatic rings. The Hall–Kier alpha value is -0.820. The number of hydrogen-bond acceptors (Lipinski definition) is 4. The van der Waals surface area contributed by atoms with Crippen LogP contribution in [0.1, 0.15) is 31.7 Å². The zero-order chi connectivity index (χ0) is 13.9. The maximum atomic E-state index is 12.5. The minimum absolute atomic E-state index is 0.0937. The highest BCUT2D eigenvalue weighted by atomic mass is 32.1. The Morgan fingerprint density at radius 1 is 1.39 bits per heavy atom. The first-order valence-electron chi connectivity index (χ1n) is 5.71. The lowest BCUT2D eigenvalue weighted by atomic mass is 10.3. The molecule has 3 nitrogen and oxygen atoms in total. The van der Waals surface area contributed by atoms with Crippen molar-refractivity contribution in [2.45, 2.75) is 39.0 Å². The molecule has 1 unspecified atom stereocenters. The summed E-state index contributed by atoms with van der Waals surface area (Å²) in [6.07, 6.45) is -2.59. The van der Waals surface area contributed by atoms with Crippen LogP contribution in [0.25, 0.3) is 0 Å². The lowest BCUT2D eigenvalue weighted by molar-refractivity contribution is -0.120. The summed E-state index contributed by atoms with van der Waals surface area (Å²) in [4.78, 5) is 6.30. The summed E-state index contributed by atoms with van der Waals surface area (Å²) in [7, 11) is 1.81. The molecule has 1 rings (SSSR count). The van der Waals surface area contributed by atoms with Crippen LogP contribution >= 0.6 is 11.3 Å². The van der Waals surface area contributed by atoms with E-state index in [1.54, 1.807) is 27.1 Å². The van der Waals surface area contributed by atoms with Gasteiger partial charge in [-0.2, -0.15) is 13.2 Å². The highest BCUT2D eigenvalue weighted by Gasteiger charge is 2.33. The van der Waals surface area contributed by atoms with Gasteiger partial charge in [0, 0.05) is 23.2 Å².